The standard InChI is InChI=1S/C21H21N3O3/c1-4-12-23-20(26)16-10-5-6-11-17(16)24(21(23)27)13-18(25)22-19-14(2)8-7-9-15(19)3/h4-11H,1,12-13H2,2-3H3,(H,22,25). The molecule has 0 saturated carbocycles. The lowest BCUT2D eigenvalue weighted by atomic mass is 10.1. The van der Waals surface area contributed by atoms with E-state index >= 15 is 0 Å². The largest absolute Gasteiger partial charge is 0.332 e. The minimum atomic E-state index is -0.532. The van der Waals surface area contributed by atoms with Crippen LogP contribution in [0.4, 0.5) is 5.69 Å². The van der Waals surface area contributed by atoms with Crippen LogP contribution < -0.4 is 16.6 Å². The van der Waals surface area contributed by atoms with Gasteiger partial charge in [-0.2, -0.15) is 0 Å². The number of carbonyl (C=O) groups excluding carboxylic acids is 1. The number of amides is 1. The number of hydrogen-bond acceptors (Lipinski definition) is 3. The molecule has 6 heteroatoms. The number of hydrogen-bond donors (Lipinski definition) is 1. The van der Waals surface area contributed by atoms with Crippen LogP contribution in [0.1, 0.15) is 11.1 Å². The van der Waals surface area contributed by atoms with Crippen molar-refractivity contribution in [2.45, 2.75) is 26.9 Å². The molecule has 1 N–H and O–H groups in total. The van der Waals surface area contributed by atoms with E-state index < -0.39 is 5.69 Å². The second-order valence-corrected chi connectivity index (χ2v) is 6.41. The van der Waals surface area contributed by atoms with Crippen molar-refractivity contribution in [3.8, 4) is 0 Å². The van der Waals surface area contributed by atoms with E-state index in [1.165, 1.54) is 10.6 Å². The van der Waals surface area contributed by atoms with Gasteiger partial charge in [0, 0.05) is 12.2 Å². The Bertz CT molecular complexity index is 1140. The van der Waals surface area contributed by atoms with Gasteiger partial charge in [0.25, 0.3) is 5.56 Å². The Morgan fingerprint density at radius 2 is 1.70 bits per heavy atom. The third-order valence-corrected chi connectivity index (χ3v) is 4.49. The number of carbonyl (C=O) groups is 1. The lowest BCUT2D eigenvalue weighted by molar-refractivity contribution is -0.116. The fraction of sp³-hybridized carbons (Fsp3) is 0.190. The van der Waals surface area contributed by atoms with Gasteiger partial charge >= 0.3 is 5.69 Å². The highest BCUT2D eigenvalue weighted by Crippen LogP contribution is 2.19. The average Bonchev–Trinajstić information content (AvgIpc) is 2.65. The maximum Gasteiger partial charge on any atom is 0.332 e. The van der Waals surface area contributed by atoms with E-state index in [0.29, 0.717) is 10.9 Å². The third-order valence-electron chi connectivity index (χ3n) is 4.49. The number of aromatic nitrogens is 2. The first-order valence-electron chi connectivity index (χ1n) is 8.63. The zero-order valence-electron chi connectivity index (χ0n) is 15.4. The van der Waals surface area contributed by atoms with Crippen molar-refractivity contribution in [1.82, 2.24) is 9.13 Å². The Labute approximate surface area is 156 Å². The number of para-hydroxylation sites is 2. The first-order chi connectivity index (χ1) is 12.9. The molecule has 0 bridgehead atoms. The van der Waals surface area contributed by atoms with Gasteiger partial charge in [-0.1, -0.05) is 36.4 Å². The quantitative estimate of drug-likeness (QED) is 0.708. The Morgan fingerprint density at radius 1 is 1.04 bits per heavy atom. The lowest BCUT2D eigenvalue weighted by Gasteiger charge is -2.15. The topological polar surface area (TPSA) is 73.1 Å². The van der Waals surface area contributed by atoms with E-state index in [2.05, 4.69) is 11.9 Å². The summed E-state index contributed by atoms with van der Waals surface area (Å²) in [7, 11) is 0. The summed E-state index contributed by atoms with van der Waals surface area (Å²) >= 11 is 0. The van der Waals surface area contributed by atoms with Crippen LogP contribution in [0.15, 0.2) is 64.7 Å². The van der Waals surface area contributed by atoms with E-state index in [9.17, 15) is 14.4 Å². The summed E-state index contributed by atoms with van der Waals surface area (Å²) in [6.45, 7) is 7.31. The molecule has 0 fully saturated rings. The molecule has 0 atom stereocenters. The SMILES string of the molecule is C=CCn1c(=O)c2ccccc2n(CC(=O)Nc2c(C)cccc2C)c1=O. The molecule has 6 nitrogen and oxygen atoms in total. The van der Waals surface area contributed by atoms with Gasteiger partial charge in [0.2, 0.25) is 5.91 Å². The van der Waals surface area contributed by atoms with E-state index in [-0.39, 0.29) is 24.6 Å². The molecule has 0 spiro atoms. The van der Waals surface area contributed by atoms with Crippen molar-refractivity contribution in [3.05, 3.63) is 87.1 Å². The van der Waals surface area contributed by atoms with Crippen LogP contribution in [0.5, 0.6) is 0 Å². The van der Waals surface area contributed by atoms with Crippen LogP contribution in [-0.4, -0.2) is 15.0 Å². The summed E-state index contributed by atoms with van der Waals surface area (Å²) < 4.78 is 2.41. The second kappa shape index (κ2) is 7.45. The zero-order chi connectivity index (χ0) is 19.6. The normalized spacial score (nSPS) is 10.7. The maximum absolute atomic E-state index is 12.8. The van der Waals surface area contributed by atoms with Crippen molar-refractivity contribution in [2.24, 2.45) is 0 Å². The number of allylic oxidation sites excluding steroid dienone is 1. The Hall–Kier alpha value is -3.41. The van der Waals surface area contributed by atoms with Gasteiger partial charge in [-0.25, -0.2) is 4.79 Å². The van der Waals surface area contributed by atoms with Gasteiger partial charge in [-0.05, 0) is 37.1 Å². The van der Waals surface area contributed by atoms with Crippen molar-refractivity contribution < 1.29 is 4.79 Å². The molecule has 0 saturated heterocycles. The van der Waals surface area contributed by atoms with Crippen molar-refractivity contribution in [2.75, 3.05) is 5.32 Å². The average molecular weight is 363 g/mol. The van der Waals surface area contributed by atoms with E-state index in [1.54, 1.807) is 24.3 Å². The minimum Gasteiger partial charge on any atom is -0.324 e. The molecule has 0 radical (unpaired) electrons. The molecular formula is C21H21N3O3. The second-order valence-electron chi connectivity index (χ2n) is 6.41. The van der Waals surface area contributed by atoms with Crippen molar-refractivity contribution in [3.63, 3.8) is 0 Å². The predicted octanol–water partition coefficient (Wildman–Crippen LogP) is 2.60. The number of nitrogens with one attached hydrogen (secondary N) is 1. The van der Waals surface area contributed by atoms with Gasteiger partial charge in [0.05, 0.1) is 10.9 Å². The smallest absolute Gasteiger partial charge is 0.324 e. The molecule has 0 aliphatic heterocycles. The summed E-state index contributed by atoms with van der Waals surface area (Å²) in [4.78, 5) is 38.0. The Kier molecular flexibility index (Phi) is 5.07. The highest BCUT2D eigenvalue weighted by Gasteiger charge is 2.15. The molecule has 1 amide bonds. The molecule has 138 valence electrons. The number of rotatable bonds is 5. The third kappa shape index (κ3) is 3.46. The summed E-state index contributed by atoms with van der Waals surface area (Å²) in [6, 6.07) is 12.5. The molecule has 2 aromatic carbocycles. The number of anilines is 1. The molecule has 1 heterocycles. The van der Waals surface area contributed by atoms with E-state index in [1.807, 2.05) is 32.0 Å². The fourth-order valence-corrected chi connectivity index (χ4v) is 3.15. The summed E-state index contributed by atoms with van der Waals surface area (Å²) in [6.07, 6.45) is 1.48. The number of fused-ring (bicyclic) bond motifs is 1. The van der Waals surface area contributed by atoms with Gasteiger partial charge in [0.15, 0.2) is 0 Å². The number of nitrogens with zero attached hydrogens (tertiary/aromatic N) is 2. The molecule has 3 rings (SSSR count). The Morgan fingerprint density at radius 3 is 2.37 bits per heavy atom. The molecule has 3 aromatic rings. The van der Waals surface area contributed by atoms with Crippen molar-refractivity contribution in [1.29, 1.82) is 0 Å². The first-order valence-corrected chi connectivity index (χ1v) is 8.63. The predicted molar refractivity (Wildman–Crippen MR) is 107 cm³/mol. The van der Waals surface area contributed by atoms with Gasteiger partial charge in [-0.3, -0.25) is 18.7 Å². The summed E-state index contributed by atoms with van der Waals surface area (Å²) in [5.41, 5.74) is 2.13. The fourth-order valence-electron chi connectivity index (χ4n) is 3.15. The van der Waals surface area contributed by atoms with E-state index in [4.69, 9.17) is 0 Å². The summed E-state index contributed by atoms with van der Waals surface area (Å²) in [5, 5.41) is 3.27. The van der Waals surface area contributed by atoms with Crippen LogP contribution in [0, 0.1) is 13.8 Å². The molecule has 27 heavy (non-hydrogen) atoms. The van der Waals surface area contributed by atoms with Crippen LogP contribution in [0.2, 0.25) is 0 Å². The van der Waals surface area contributed by atoms with Crippen LogP contribution in [0.25, 0.3) is 10.9 Å². The molecule has 1 aromatic heterocycles. The van der Waals surface area contributed by atoms with Crippen molar-refractivity contribution >= 4 is 22.5 Å². The monoisotopic (exact) mass is 363 g/mol. The van der Waals surface area contributed by atoms with E-state index in [0.717, 1.165) is 21.4 Å². The Balaban J connectivity index is 2.06. The number of aryl methyl sites for hydroxylation is 2. The van der Waals surface area contributed by atoms with Crippen LogP contribution in [0.3, 0.4) is 0 Å². The molecule has 0 aliphatic carbocycles. The highest BCUT2D eigenvalue weighted by molar-refractivity contribution is 5.93. The lowest BCUT2D eigenvalue weighted by Crippen LogP contribution is -2.41. The van der Waals surface area contributed by atoms with Crippen LogP contribution in [-0.2, 0) is 17.9 Å². The zero-order valence-corrected chi connectivity index (χ0v) is 15.4. The molecule has 0 aliphatic rings. The van der Waals surface area contributed by atoms with Crippen LogP contribution >= 0.6 is 0 Å². The molecular weight excluding hydrogens is 342 g/mol. The minimum absolute atomic E-state index is 0.0843. The number of benzene rings is 2. The van der Waals surface area contributed by atoms with Gasteiger partial charge in [-0.15, -0.1) is 6.58 Å². The van der Waals surface area contributed by atoms with Gasteiger partial charge in [0.1, 0.15) is 6.54 Å². The van der Waals surface area contributed by atoms with Gasteiger partial charge < -0.3 is 5.32 Å². The maximum atomic E-state index is 12.8. The first kappa shape index (κ1) is 18.4. The molecule has 0 unspecified atom stereocenters. The summed E-state index contributed by atoms with van der Waals surface area (Å²) in [5.74, 6) is -0.330. The highest BCUT2D eigenvalue weighted by atomic mass is 16.2.